The standard InChI is InChI=1S/C32H58ClNO13/c33-5-6-35-7-8-36-9-10-37-11-12-38-13-14-39-15-16-40-17-18-41-19-20-42-21-22-43-23-24-44-25-26-45-27-28-46-29-30-47-32-3-1-31(34)2-4-32/h1-4H,5-30,34H2. The first-order valence-electron chi connectivity index (χ1n) is 16.3. The van der Waals surface area contributed by atoms with Crippen molar-refractivity contribution >= 4 is 17.3 Å². The molecule has 0 aliphatic rings. The summed E-state index contributed by atoms with van der Waals surface area (Å²) >= 11 is 5.51. The van der Waals surface area contributed by atoms with Crippen LogP contribution in [0.4, 0.5) is 5.69 Å². The molecule has 276 valence electrons. The number of alkyl halides is 1. The van der Waals surface area contributed by atoms with Crippen LogP contribution in [-0.4, -0.2) is 171 Å². The maximum atomic E-state index is 5.64. The lowest BCUT2D eigenvalue weighted by Gasteiger charge is -2.09. The minimum atomic E-state index is 0.474. The molecule has 0 aromatic heterocycles. The summed E-state index contributed by atoms with van der Waals surface area (Å²) in [6.07, 6.45) is 0. The molecule has 0 fully saturated rings. The Labute approximate surface area is 285 Å². The monoisotopic (exact) mass is 699 g/mol. The molecule has 0 heterocycles. The topological polar surface area (TPSA) is 146 Å². The molecule has 2 N–H and O–H groups in total. The Hall–Kier alpha value is -1.37. The van der Waals surface area contributed by atoms with Gasteiger partial charge < -0.3 is 67.3 Å². The third kappa shape index (κ3) is 34.3. The van der Waals surface area contributed by atoms with E-state index in [1.54, 1.807) is 12.1 Å². The molecule has 0 saturated heterocycles. The first kappa shape index (κ1) is 43.7. The highest BCUT2D eigenvalue weighted by Gasteiger charge is 1.97. The average Bonchev–Trinajstić information content (AvgIpc) is 3.08. The van der Waals surface area contributed by atoms with Crippen molar-refractivity contribution in [3.8, 4) is 5.75 Å². The Balaban J connectivity index is 1.62. The summed E-state index contributed by atoms with van der Waals surface area (Å²) in [6, 6.07) is 7.26. The Kier molecular flexibility index (Phi) is 34.8. The molecule has 0 amide bonds. The van der Waals surface area contributed by atoms with Gasteiger partial charge in [-0.3, -0.25) is 0 Å². The fourth-order valence-electron chi connectivity index (χ4n) is 3.36. The SMILES string of the molecule is Nc1ccc(OCCOCCOCCOCCOCCOCCOCCOCCOCCOCCOCCOCCOCCCl)cc1. The summed E-state index contributed by atoms with van der Waals surface area (Å²) in [5.41, 5.74) is 6.35. The molecule has 47 heavy (non-hydrogen) atoms. The molecule has 14 nitrogen and oxygen atoms in total. The number of nitrogen functional groups attached to an aromatic ring is 1. The first-order valence-corrected chi connectivity index (χ1v) is 16.8. The Morgan fingerprint density at radius 3 is 0.766 bits per heavy atom. The van der Waals surface area contributed by atoms with Crippen LogP contribution in [0.2, 0.25) is 0 Å². The molecule has 1 aromatic rings. The van der Waals surface area contributed by atoms with Crippen LogP contribution in [0.1, 0.15) is 0 Å². The van der Waals surface area contributed by atoms with Crippen LogP contribution >= 0.6 is 11.6 Å². The lowest BCUT2D eigenvalue weighted by Crippen LogP contribution is -2.15. The zero-order valence-electron chi connectivity index (χ0n) is 28.0. The van der Waals surface area contributed by atoms with Crippen molar-refractivity contribution < 1.29 is 61.6 Å². The lowest BCUT2D eigenvalue weighted by atomic mass is 10.3. The van der Waals surface area contributed by atoms with E-state index in [9.17, 15) is 0 Å². The number of hydrogen-bond donors (Lipinski definition) is 1. The normalized spacial score (nSPS) is 11.4. The summed E-state index contributed by atoms with van der Waals surface area (Å²) in [6.45, 7) is 12.8. The van der Waals surface area contributed by atoms with Crippen LogP contribution in [0.25, 0.3) is 0 Å². The largest absolute Gasteiger partial charge is 0.491 e. The molecule has 0 bridgehead atoms. The molecule has 1 aromatic carbocycles. The van der Waals surface area contributed by atoms with E-state index in [2.05, 4.69) is 0 Å². The maximum Gasteiger partial charge on any atom is 0.119 e. The second-order valence-corrected chi connectivity index (χ2v) is 9.83. The predicted octanol–water partition coefficient (Wildman–Crippen LogP) is 2.09. The number of anilines is 1. The van der Waals surface area contributed by atoms with Crippen molar-refractivity contribution in [2.24, 2.45) is 0 Å². The molecule has 0 atom stereocenters. The van der Waals surface area contributed by atoms with Crippen LogP contribution < -0.4 is 10.5 Å². The van der Waals surface area contributed by atoms with Crippen LogP contribution in [0, 0.1) is 0 Å². The van der Waals surface area contributed by atoms with E-state index < -0.39 is 0 Å². The molecule has 0 radical (unpaired) electrons. The van der Waals surface area contributed by atoms with Crippen molar-refractivity contribution in [3.05, 3.63) is 24.3 Å². The first-order chi connectivity index (χ1) is 23.3. The second kappa shape index (κ2) is 37.4. The van der Waals surface area contributed by atoms with Crippen LogP contribution in [0.15, 0.2) is 24.3 Å². The molecule has 0 aliphatic carbocycles. The van der Waals surface area contributed by atoms with Gasteiger partial charge in [0, 0.05) is 11.6 Å². The van der Waals surface area contributed by atoms with E-state index in [4.69, 9.17) is 78.9 Å². The Bertz CT molecular complexity index is 739. The van der Waals surface area contributed by atoms with Gasteiger partial charge in [-0.2, -0.15) is 0 Å². The zero-order valence-corrected chi connectivity index (χ0v) is 28.7. The van der Waals surface area contributed by atoms with E-state index in [-0.39, 0.29) is 0 Å². The molecule has 0 saturated carbocycles. The summed E-state index contributed by atoms with van der Waals surface area (Å²) < 4.78 is 70.8. The van der Waals surface area contributed by atoms with E-state index in [0.717, 1.165) is 5.75 Å². The van der Waals surface area contributed by atoms with Crippen molar-refractivity contribution in [1.29, 1.82) is 0 Å². The summed E-state index contributed by atoms with van der Waals surface area (Å²) in [7, 11) is 0. The summed E-state index contributed by atoms with van der Waals surface area (Å²) in [4.78, 5) is 0. The highest BCUT2D eigenvalue weighted by Crippen LogP contribution is 2.12. The number of hydrogen-bond acceptors (Lipinski definition) is 14. The molecular weight excluding hydrogens is 642 g/mol. The van der Waals surface area contributed by atoms with E-state index in [0.29, 0.717) is 177 Å². The van der Waals surface area contributed by atoms with Gasteiger partial charge in [0.15, 0.2) is 0 Å². The smallest absolute Gasteiger partial charge is 0.119 e. The number of benzene rings is 1. The average molecular weight is 700 g/mol. The Morgan fingerprint density at radius 2 is 0.532 bits per heavy atom. The molecule has 0 spiro atoms. The van der Waals surface area contributed by atoms with Gasteiger partial charge in [-0.05, 0) is 24.3 Å². The fraction of sp³-hybridized carbons (Fsp3) is 0.812. The number of halogens is 1. The van der Waals surface area contributed by atoms with Gasteiger partial charge in [-0.15, -0.1) is 11.6 Å². The number of rotatable bonds is 39. The van der Waals surface area contributed by atoms with Crippen LogP contribution in [0.5, 0.6) is 5.75 Å². The highest BCUT2D eigenvalue weighted by molar-refractivity contribution is 6.17. The van der Waals surface area contributed by atoms with Gasteiger partial charge in [-0.25, -0.2) is 0 Å². The van der Waals surface area contributed by atoms with Crippen molar-refractivity contribution in [2.75, 3.05) is 177 Å². The molecule has 0 aliphatic heterocycles. The Morgan fingerprint density at radius 1 is 0.319 bits per heavy atom. The predicted molar refractivity (Wildman–Crippen MR) is 177 cm³/mol. The molecule has 1 rings (SSSR count). The zero-order chi connectivity index (χ0) is 33.6. The molecule has 15 heteroatoms. The minimum Gasteiger partial charge on any atom is -0.491 e. The third-order valence-electron chi connectivity index (χ3n) is 5.69. The third-order valence-corrected chi connectivity index (χ3v) is 5.84. The minimum absolute atomic E-state index is 0.474. The molecule has 0 unspecified atom stereocenters. The van der Waals surface area contributed by atoms with Crippen LogP contribution in [-0.2, 0) is 56.8 Å². The summed E-state index contributed by atoms with van der Waals surface area (Å²) in [5, 5.41) is 0. The van der Waals surface area contributed by atoms with Crippen LogP contribution in [0.3, 0.4) is 0 Å². The number of nitrogens with two attached hydrogens (primary N) is 1. The quantitative estimate of drug-likeness (QED) is 0.0608. The van der Waals surface area contributed by atoms with Gasteiger partial charge in [0.2, 0.25) is 0 Å². The summed E-state index contributed by atoms with van der Waals surface area (Å²) in [5.74, 6) is 1.27. The fourth-order valence-corrected chi connectivity index (χ4v) is 3.47. The second-order valence-electron chi connectivity index (χ2n) is 9.45. The number of ether oxygens (including phenoxy) is 13. The van der Waals surface area contributed by atoms with Crippen molar-refractivity contribution in [1.82, 2.24) is 0 Å². The van der Waals surface area contributed by atoms with Gasteiger partial charge >= 0.3 is 0 Å². The van der Waals surface area contributed by atoms with E-state index in [1.165, 1.54) is 0 Å². The lowest BCUT2D eigenvalue weighted by molar-refractivity contribution is -0.0284. The van der Waals surface area contributed by atoms with E-state index in [1.807, 2.05) is 12.1 Å². The van der Waals surface area contributed by atoms with E-state index >= 15 is 0 Å². The van der Waals surface area contributed by atoms with Crippen molar-refractivity contribution in [2.45, 2.75) is 0 Å². The van der Waals surface area contributed by atoms with Gasteiger partial charge in [0.1, 0.15) is 12.4 Å². The van der Waals surface area contributed by atoms with Crippen molar-refractivity contribution in [3.63, 3.8) is 0 Å². The van der Waals surface area contributed by atoms with Gasteiger partial charge in [0.25, 0.3) is 0 Å². The van der Waals surface area contributed by atoms with Gasteiger partial charge in [-0.1, -0.05) is 0 Å². The highest BCUT2D eigenvalue weighted by atomic mass is 35.5. The van der Waals surface area contributed by atoms with Gasteiger partial charge in [0.05, 0.1) is 159 Å². The maximum absolute atomic E-state index is 5.64. The molecular formula is C32H58ClNO13.